The van der Waals surface area contributed by atoms with Crippen LogP contribution in [0.3, 0.4) is 0 Å². The van der Waals surface area contributed by atoms with Gasteiger partial charge in [0.1, 0.15) is 7.11 Å². The van der Waals surface area contributed by atoms with E-state index in [1.165, 1.54) is 53.4 Å². The van der Waals surface area contributed by atoms with E-state index in [0.29, 0.717) is 56.6 Å². The van der Waals surface area contributed by atoms with Gasteiger partial charge in [-0.25, -0.2) is 8.42 Å². The molecule has 2 aliphatic heterocycles. The van der Waals surface area contributed by atoms with Crippen LogP contribution >= 0.6 is 0 Å². The summed E-state index contributed by atoms with van der Waals surface area (Å²) >= 11 is 0. The van der Waals surface area contributed by atoms with Gasteiger partial charge in [0.05, 0.1) is 23.7 Å². The van der Waals surface area contributed by atoms with Crippen molar-refractivity contribution in [1.29, 1.82) is 0 Å². The van der Waals surface area contributed by atoms with Crippen molar-refractivity contribution in [3.05, 3.63) is 60.2 Å². The summed E-state index contributed by atoms with van der Waals surface area (Å²) in [6, 6.07) is 17.2. The highest BCUT2D eigenvalue weighted by molar-refractivity contribution is 7.89. The molecule has 1 aliphatic carbocycles. The molecule has 2 aromatic rings. The van der Waals surface area contributed by atoms with Gasteiger partial charge in [-0.05, 0) is 93.3 Å². The molecule has 3 aliphatic rings. The highest BCUT2D eigenvalue weighted by Gasteiger charge is 2.36. The Kier molecular flexibility index (Phi) is 13.5. The average Bonchev–Trinajstić information content (AvgIpc) is 3.10. The highest BCUT2D eigenvalue weighted by atomic mass is 32.2. The maximum atomic E-state index is 14.3. The Balaban J connectivity index is 1.39. The standard InChI is InChI=1S/C36H56N6O5S2/c1-38(2)35-16-18-36(19-17-35)48(43,44)41-24-10-22-39(28-31-12-6-4-7-13-31)23-11-25-42(30-34(29-41)37-47-3)49(45,46)40-26-20-33(21-27-40)32-14-8-5-9-15-32/h5,8-9,14-19,31,33H,4,6-7,10-13,20-30H2,1-3H3/b37-34-. The molecule has 0 radical (unpaired) electrons. The van der Waals surface area contributed by atoms with E-state index in [2.05, 4.69) is 22.2 Å². The van der Waals surface area contributed by atoms with Crippen LogP contribution in [0.5, 0.6) is 0 Å². The molecular formula is C36H56N6O5S2. The van der Waals surface area contributed by atoms with Crippen molar-refractivity contribution in [1.82, 2.24) is 17.8 Å². The molecule has 0 unspecified atom stereocenters. The summed E-state index contributed by atoms with van der Waals surface area (Å²) in [5.74, 6) is 0.950. The number of benzene rings is 2. The predicted molar refractivity (Wildman–Crippen MR) is 197 cm³/mol. The van der Waals surface area contributed by atoms with E-state index in [9.17, 15) is 16.8 Å². The van der Waals surface area contributed by atoms with Crippen LogP contribution in [-0.4, -0.2) is 120 Å². The summed E-state index contributed by atoms with van der Waals surface area (Å²) in [5.41, 5.74) is 2.51. The van der Waals surface area contributed by atoms with Crippen molar-refractivity contribution < 1.29 is 21.7 Å². The molecule has 3 fully saturated rings. The van der Waals surface area contributed by atoms with E-state index in [4.69, 9.17) is 4.84 Å². The Morgan fingerprint density at radius 2 is 1.33 bits per heavy atom. The molecule has 13 heteroatoms. The minimum Gasteiger partial charge on any atom is -0.399 e. The van der Waals surface area contributed by atoms with Crippen molar-refractivity contribution in [3.8, 4) is 0 Å². The number of oxime groups is 1. The molecule has 272 valence electrons. The minimum absolute atomic E-state index is 0.0387. The zero-order valence-electron chi connectivity index (χ0n) is 29.6. The smallest absolute Gasteiger partial charge is 0.282 e. The van der Waals surface area contributed by atoms with Gasteiger partial charge in [-0.15, -0.1) is 0 Å². The van der Waals surface area contributed by atoms with Gasteiger partial charge in [0.25, 0.3) is 10.2 Å². The Hall–Kier alpha value is -2.55. The molecule has 2 aromatic carbocycles. The van der Waals surface area contributed by atoms with Gasteiger partial charge in [-0.2, -0.15) is 21.3 Å². The van der Waals surface area contributed by atoms with Gasteiger partial charge in [-0.3, -0.25) is 0 Å². The maximum Gasteiger partial charge on any atom is 0.282 e. The summed E-state index contributed by atoms with van der Waals surface area (Å²) in [6.07, 6.45) is 9.10. The minimum atomic E-state index is -3.91. The van der Waals surface area contributed by atoms with Gasteiger partial charge in [-0.1, -0.05) is 54.8 Å². The molecule has 0 bridgehead atoms. The zero-order valence-corrected chi connectivity index (χ0v) is 31.3. The van der Waals surface area contributed by atoms with Gasteiger partial charge in [0.15, 0.2) is 0 Å². The van der Waals surface area contributed by atoms with Crippen LogP contribution < -0.4 is 4.90 Å². The van der Waals surface area contributed by atoms with E-state index in [1.807, 2.05) is 37.2 Å². The van der Waals surface area contributed by atoms with Gasteiger partial charge < -0.3 is 14.6 Å². The van der Waals surface area contributed by atoms with Crippen LogP contribution in [0, 0.1) is 5.92 Å². The average molecular weight is 717 g/mol. The Morgan fingerprint density at radius 1 is 0.714 bits per heavy atom. The summed E-state index contributed by atoms with van der Waals surface area (Å²) in [7, 11) is -2.52. The third kappa shape index (κ3) is 10.0. The Bertz CT molecular complexity index is 1560. The summed E-state index contributed by atoms with van der Waals surface area (Å²) in [4.78, 5) is 9.77. The predicted octanol–water partition coefficient (Wildman–Crippen LogP) is 4.85. The van der Waals surface area contributed by atoms with Crippen LogP contribution in [0.1, 0.15) is 69.3 Å². The number of piperidine rings is 1. The molecule has 0 aromatic heterocycles. The summed E-state index contributed by atoms with van der Waals surface area (Å²) in [5, 5.41) is 4.23. The second kappa shape index (κ2) is 17.6. The SMILES string of the molecule is CO/N=C1/CN(S(=O)(=O)c2ccc(N(C)C)cc2)CCCN(CC2CCCCC2)CCCN(S(=O)(=O)N2CCC(c3ccccc3)CC2)C1. The topological polar surface area (TPSA) is 106 Å². The number of rotatable bonds is 9. The van der Waals surface area contributed by atoms with Crippen LogP contribution in [0.15, 0.2) is 64.6 Å². The molecule has 0 atom stereocenters. The van der Waals surface area contributed by atoms with E-state index in [0.717, 1.165) is 38.2 Å². The first-order valence-corrected chi connectivity index (χ1v) is 20.8. The molecule has 0 spiro atoms. The number of anilines is 1. The van der Waals surface area contributed by atoms with Crippen LogP contribution in [0.25, 0.3) is 0 Å². The first-order valence-electron chi connectivity index (χ1n) is 18.0. The lowest BCUT2D eigenvalue weighted by molar-refractivity contribution is 0.186. The van der Waals surface area contributed by atoms with Crippen molar-refractivity contribution in [2.75, 3.05) is 85.0 Å². The number of hydrogen-bond acceptors (Lipinski definition) is 8. The molecule has 0 amide bonds. The quantitative estimate of drug-likeness (QED) is 0.342. The van der Waals surface area contributed by atoms with Crippen molar-refractivity contribution >= 4 is 31.6 Å². The third-order valence-electron chi connectivity index (χ3n) is 10.3. The van der Waals surface area contributed by atoms with Crippen LogP contribution in [0.4, 0.5) is 5.69 Å². The lowest BCUT2D eigenvalue weighted by Gasteiger charge is -2.36. The van der Waals surface area contributed by atoms with E-state index in [-0.39, 0.29) is 18.0 Å². The van der Waals surface area contributed by atoms with E-state index >= 15 is 0 Å². The van der Waals surface area contributed by atoms with Gasteiger partial charge in [0, 0.05) is 52.5 Å². The second-order valence-electron chi connectivity index (χ2n) is 14.0. The van der Waals surface area contributed by atoms with Crippen molar-refractivity contribution in [2.24, 2.45) is 11.1 Å². The van der Waals surface area contributed by atoms with Gasteiger partial charge >= 0.3 is 0 Å². The maximum absolute atomic E-state index is 14.3. The fourth-order valence-corrected chi connectivity index (χ4v) is 10.7. The van der Waals surface area contributed by atoms with E-state index < -0.39 is 20.2 Å². The summed E-state index contributed by atoms with van der Waals surface area (Å²) < 4.78 is 61.6. The molecule has 5 rings (SSSR count). The molecule has 1 saturated carbocycles. The monoisotopic (exact) mass is 716 g/mol. The summed E-state index contributed by atoms with van der Waals surface area (Å²) in [6.45, 7) is 3.87. The zero-order chi connectivity index (χ0) is 34.9. The highest BCUT2D eigenvalue weighted by Crippen LogP contribution is 2.30. The van der Waals surface area contributed by atoms with Crippen LogP contribution in [0.2, 0.25) is 0 Å². The van der Waals surface area contributed by atoms with Crippen molar-refractivity contribution in [2.45, 2.75) is 68.6 Å². The molecule has 49 heavy (non-hydrogen) atoms. The molecule has 11 nitrogen and oxygen atoms in total. The van der Waals surface area contributed by atoms with Crippen molar-refractivity contribution in [3.63, 3.8) is 0 Å². The Labute approximate surface area is 295 Å². The molecule has 2 saturated heterocycles. The normalized spacial score (nSPS) is 22.4. The fraction of sp³-hybridized carbons (Fsp3) is 0.639. The molecule has 0 N–H and O–H groups in total. The lowest BCUT2D eigenvalue weighted by atomic mass is 9.89. The van der Waals surface area contributed by atoms with E-state index in [1.54, 1.807) is 28.6 Å². The largest absolute Gasteiger partial charge is 0.399 e. The Morgan fingerprint density at radius 3 is 1.94 bits per heavy atom. The fourth-order valence-electron chi connectivity index (χ4n) is 7.55. The molecular weight excluding hydrogens is 661 g/mol. The third-order valence-corrected chi connectivity index (χ3v) is 14.2. The number of nitrogens with zero attached hydrogens (tertiary/aromatic N) is 6. The number of hydrogen-bond donors (Lipinski definition) is 0. The first kappa shape index (κ1) is 37.7. The number of sulfonamides is 1. The van der Waals surface area contributed by atoms with Crippen LogP contribution in [-0.2, 0) is 25.1 Å². The first-order chi connectivity index (χ1) is 23.6. The van der Waals surface area contributed by atoms with Gasteiger partial charge in [0.2, 0.25) is 10.0 Å². The second-order valence-corrected chi connectivity index (χ2v) is 17.9. The molecule has 2 heterocycles. The lowest BCUT2D eigenvalue weighted by Crippen LogP contribution is -2.51.